The topological polar surface area (TPSA) is 90.8 Å². The molecule has 4 N–H and O–H groups in total. The van der Waals surface area contributed by atoms with Gasteiger partial charge in [-0.05, 0) is 55.8 Å². The van der Waals surface area contributed by atoms with Gasteiger partial charge in [0.2, 0.25) is 0 Å². The molecule has 0 saturated heterocycles. The summed E-state index contributed by atoms with van der Waals surface area (Å²) in [4.78, 5) is 11.9. The van der Waals surface area contributed by atoms with Crippen LogP contribution in [0.4, 0.5) is 10.5 Å². The number of carbonyl (C=O) groups is 1. The Labute approximate surface area is 128 Å². The molecule has 0 aliphatic rings. The summed E-state index contributed by atoms with van der Waals surface area (Å²) in [6.45, 7) is 3.51. The second-order valence-corrected chi connectivity index (χ2v) is 4.87. The molecule has 0 bridgehead atoms. The summed E-state index contributed by atoms with van der Waals surface area (Å²) in [5, 5.41) is 24.1. The van der Waals surface area contributed by atoms with E-state index in [1.165, 1.54) is 12.1 Å². The second-order valence-electron chi connectivity index (χ2n) is 4.87. The number of urea groups is 1. The summed E-state index contributed by atoms with van der Waals surface area (Å²) in [6, 6.07) is 10.6. The van der Waals surface area contributed by atoms with Gasteiger partial charge in [0.05, 0.1) is 5.69 Å². The van der Waals surface area contributed by atoms with Crippen LogP contribution in [0.5, 0.6) is 17.2 Å². The molecule has 1 atom stereocenters. The van der Waals surface area contributed by atoms with Crippen molar-refractivity contribution in [3.05, 3.63) is 48.0 Å². The van der Waals surface area contributed by atoms with Crippen LogP contribution in [0.25, 0.3) is 0 Å². The molecule has 0 radical (unpaired) electrons. The van der Waals surface area contributed by atoms with Gasteiger partial charge >= 0.3 is 6.03 Å². The Morgan fingerprint density at radius 2 is 1.82 bits per heavy atom. The molecule has 1 unspecified atom stereocenters. The van der Waals surface area contributed by atoms with E-state index in [9.17, 15) is 15.0 Å². The third-order valence-corrected chi connectivity index (χ3v) is 2.89. The van der Waals surface area contributed by atoms with E-state index in [-0.39, 0.29) is 11.5 Å². The fraction of sp³-hybridized carbons (Fsp3) is 0.188. The third-order valence-electron chi connectivity index (χ3n) is 2.89. The van der Waals surface area contributed by atoms with Gasteiger partial charge in [-0.2, -0.15) is 0 Å². The number of ether oxygens (including phenoxy) is 1. The quantitative estimate of drug-likeness (QED) is 0.516. The number of amides is 2. The van der Waals surface area contributed by atoms with Crippen molar-refractivity contribution in [2.75, 3.05) is 5.32 Å². The summed E-state index contributed by atoms with van der Waals surface area (Å²) in [5.74, 6) is 0.659. The van der Waals surface area contributed by atoms with Gasteiger partial charge < -0.3 is 25.6 Å². The Morgan fingerprint density at radius 3 is 2.45 bits per heavy atom. The molecule has 6 heteroatoms. The molecule has 0 aromatic heterocycles. The van der Waals surface area contributed by atoms with E-state index in [2.05, 4.69) is 10.6 Å². The van der Waals surface area contributed by atoms with E-state index < -0.39 is 12.3 Å². The number of benzene rings is 2. The lowest BCUT2D eigenvalue weighted by Crippen LogP contribution is -2.39. The highest BCUT2D eigenvalue weighted by atomic mass is 16.5. The number of aryl methyl sites for hydroxylation is 1. The predicted molar refractivity (Wildman–Crippen MR) is 83.2 cm³/mol. The Kier molecular flexibility index (Phi) is 4.73. The minimum Gasteiger partial charge on any atom is -0.508 e. The number of hydrogen-bond donors (Lipinski definition) is 4. The highest BCUT2D eigenvalue weighted by molar-refractivity contribution is 5.90. The van der Waals surface area contributed by atoms with Gasteiger partial charge in [0.25, 0.3) is 0 Å². The minimum absolute atomic E-state index is 0.00209. The maximum absolute atomic E-state index is 11.9. The van der Waals surface area contributed by atoms with Crippen LogP contribution in [0.1, 0.15) is 12.5 Å². The highest BCUT2D eigenvalue weighted by Crippen LogP contribution is 2.23. The third kappa shape index (κ3) is 4.31. The molecular weight excluding hydrogens is 284 g/mol. The molecule has 0 saturated carbocycles. The summed E-state index contributed by atoms with van der Waals surface area (Å²) in [7, 11) is 0. The van der Waals surface area contributed by atoms with Crippen molar-refractivity contribution in [1.29, 1.82) is 0 Å². The van der Waals surface area contributed by atoms with Gasteiger partial charge in [0, 0.05) is 0 Å². The maximum Gasteiger partial charge on any atom is 0.322 e. The van der Waals surface area contributed by atoms with E-state index in [1.807, 2.05) is 6.92 Å². The van der Waals surface area contributed by atoms with Gasteiger partial charge in [0.15, 0.2) is 6.23 Å². The molecule has 0 fully saturated rings. The van der Waals surface area contributed by atoms with Crippen molar-refractivity contribution in [1.82, 2.24) is 5.32 Å². The first kappa shape index (κ1) is 15.5. The Morgan fingerprint density at radius 1 is 1.14 bits per heavy atom. The average Bonchev–Trinajstić information content (AvgIpc) is 2.44. The summed E-state index contributed by atoms with van der Waals surface area (Å²) >= 11 is 0. The number of rotatable bonds is 4. The standard InChI is InChI=1S/C16H18N2O4/c1-10-3-8-14(15(20)9-10)18-16(21)17-11(2)22-13-6-4-12(19)5-7-13/h3-9,11,19-20H,1-2H3,(H2,17,18,21). The molecule has 0 spiro atoms. The van der Waals surface area contributed by atoms with Crippen LogP contribution in [-0.4, -0.2) is 22.5 Å². The van der Waals surface area contributed by atoms with Crippen molar-refractivity contribution in [3.63, 3.8) is 0 Å². The number of carbonyl (C=O) groups excluding carboxylic acids is 1. The number of phenols is 2. The lowest BCUT2D eigenvalue weighted by atomic mass is 10.2. The number of hydrogen-bond acceptors (Lipinski definition) is 4. The minimum atomic E-state index is -0.586. The van der Waals surface area contributed by atoms with Gasteiger partial charge in [0.1, 0.15) is 17.2 Å². The lowest BCUT2D eigenvalue weighted by Gasteiger charge is -2.17. The lowest BCUT2D eigenvalue weighted by molar-refractivity contribution is 0.183. The van der Waals surface area contributed by atoms with Gasteiger partial charge in [-0.1, -0.05) is 6.07 Å². The van der Waals surface area contributed by atoms with Crippen LogP contribution < -0.4 is 15.4 Å². The zero-order valence-corrected chi connectivity index (χ0v) is 12.3. The molecule has 2 amide bonds. The molecule has 22 heavy (non-hydrogen) atoms. The van der Waals surface area contributed by atoms with Crippen LogP contribution in [0.15, 0.2) is 42.5 Å². The average molecular weight is 302 g/mol. The van der Waals surface area contributed by atoms with Crippen LogP contribution in [0, 0.1) is 6.92 Å². The SMILES string of the molecule is Cc1ccc(NC(=O)NC(C)Oc2ccc(O)cc2)c(O)c1. The molecule has 0 aliphatic carbocycles. The smallest absolute Gasteiger partial charge is 0.322 e. The van der Waals surface area contributed by atoms with Crippen LogP contribution in [-0.2, 0) is 0 Å². The monoisotopic (exact) mass is 302 g/mol. The predicted octanol–water partition coefficient (Wildman–Crippen LogP) is 2.95. The zero-order chi connectivity index (χ0) is 16.1. The molecular formula is C16H18N2O4. The van der Waals surface area contributed by atoms with Crippen molar-refractivity contribution < 1.29 is 19.7 Å². The molecule has 116 valence electrons. The van der Waals surface area contributed by atoms with Crippen molar-refractivity contribution in [3.8, 4) is 17.2 Å². The number of aromatic hydroxyl groups is 2. The van der Waals surface area contributed by atoms with Crippen LogP contribution in [0.2, 0.25) is 0 Å². The largest absolute Gasteiger partial charge is 0.508 e. The number of nitrogens with one attached hydrogen (secondary N) is 2. The molecule has 2 rings (SSSR count). The Bertz CT molecular complexity index is 656. The number of phenolic OH excluding ortho intramolecular Hbond substituents is 2. The molecule has 6 nitrogen and oxygen atoms in total. The van der Waals surface area contributed by atoms with Crippen LogP contribution >= 0.6 is 0 Å². The van der Waals surface area contributed by atoms with E-state index in [4.69, 9.17) is 4.74 Å². The summed E-state index contributed by atoms with van der Waals surface area (Å²) in [6.07, 6.45) is -0.586. The number of anilines is 1. The van der Waals surface area contributed by atoms with E-state index in [0.717, 1.165) is 5.56 Å². The first-order valence-electron chi connectivity index (χ1n) is 6.77. The zero-order valence-electron chi connectivity index (χ0n) is 12.3. The van der Waals surface area contributed by atoms with E-state index >= 15 is 0 Å². The van der Waals surface area contributed by atoms with Crippen molar-refractivity contribution in [2.45, 2.75) is 20.1 Å². The summed E-state index contributed by atoms with van der Waals surface area (Å²) in [5.41, 5.74) is 1.22. The van der Waals surface area contributed by atoms with Crippen LogP contribution in [0.3, 0.4) is 0 Å². The summed E-state index contributed by atoms with van der Waals surface area (Å²) < 4.78 is 5.48. The Balaban J connectivity index is 1.89. The van der Waals surface area contributed by atoms with E-state index in [1.54, 1.807) is 37.3 Å². The molecule has 0 heterocycles. The van der Waals surface area contributed by atoms with Gasteiger partial charge in [-0.3, -0.25) is 0 Å². The fourth-order valence-electron chi connectivity index (χ4n) is 1.85. The first-order chi connectivity index (χ1) is 10.4. The second kappa shape index (κ2) is 6.71. The van der Waals surface area contributed by atoms with E-state index in [0.29, 0.717) is 11.4 Å². The van der Waals surface area contributed by atoms with Gasteiger partial charge in [-0.25, -0.2) is 4.79 Å². The molecule has 2 aromatic carbocycles. The highest BCUT2D eigenvalue weighted by Gasteiger charge is 2.10. The fourth-order valence-corrected chi connectivity index (χ4v) is 1.85. The first-order valence-corrected chi connectivity index (χ1v) is 6.77. The van der Waals surface area contributed by atoms with Gasteiger partial charge in [-0.15, -0.1) is 0 Å². The van der Waals surface area contributed by atoms with Crippen molar-refractivity contribution >= 4 is 11.7 Å². The normalized spacial score (nSPS) is 11.5. The molecule has 0 aliphatic heterocycles. The maximum atomic E-state index is 11.9. The molecule has 2 aromatic rings. The van der Waals surface area contributed by atoms with Crippen molar-refractivity contribution in [2.24, 2.45) is 0 Å². The Hall–Kier alpha value is -2.89.